The van der Waals surface area contributed by atoms with Crippen LogP contribution in [0, 0.1) is 0 Å². The highest BCUT2D eigenvalue weighted by Gasteiger charge is 2.26. The first-order chi connectivity index (χ1) is 27.6. The molecule has 0 bridgehead atoms. The zero-order valence-corrected chi connectivity index (χ0v) is 35.9. The molecule has 4 atom stereocenters. The molecular weight excluding hydrogens is 745 g/mol. The molecule has 0 saturated carbocycles. The molecule has 0 radical (unpaired) electrons. The molecule has 0 saturated heterocycles. The summed E-state index contributed by atoms with van der Waals surface area (Å²) in [6.07, 6.45) is 42.6. The number of ether oxygens (including phenoxy) is 2. The van der Waals surface area contributed by atoms with E-state index >= 15 is 0 Å². The number of carbonyl (C=O) groups is 2. The number of phosphoric ester groups is 1. The molecule has 0 aliphatic rings. The lowest BCUT2D eigenvalue weighted by atomic mass is 10.1. The Morgan fingerprint density at radius 1 is 0.649 bits per heavy atom. The second-order valence-corrected chi connectivity index (χ2v) is 15.3. The minimum Gasteiger partial charge on any atom is -0.462 e. The molecule has 326 valence electrons. The number of phosphoric acid groups is 1. The van der Waals surface area contributed by atoms with Gasteiger partial charge in [-0.15, -0.1) is 0 Å². The molecule has 12 heteroatoms. The van der Waals surface area contributed by atoms with Crippen LogP contribution >= 0.6 is 7.82 Å². The topological polar surface area (TPSA) is 175 Å². The van der Waals surface area contributed by atoms with Crippen molar-refractivity contribution in [3.05, 3.63) is 85.1 Å². The highest BCUT2D eigenvalue weighted by atomic mass is 31.2. The van der Waals surface area contributed by atoms with Crippen molar-refractivity contribution in [2.45, 2.75) is 161 Å². The number of esters is 2. The monoisotopic (exact) mass is 822 g/mol. The third-order valence-electron chi connectivity index (χ3n) is 8.44. The molecule has 1 unspecified atom stereocenters. The Hall–Kier alpha value is -2.89. The van der Waals surface area contributed by atoms with Crippen molar-refractivity contribution in [2.75, 3.05) is 26.4 Å². The van der Waals surface area contributed by atoms with Crippen molar-refractivity contribution in [3.8, 4) is 0 Å². The number of nitrogens with two attached hydrogens (primary N) is 1. The number of aliphatic hydroxyl groups is 2. The molecular formula is C45H76NO10P. The largest absolute Gasteiger partial charge is 0.472 e. The molecule has 0 aromatic carbocycles. The Kier molecular flexibility index (Phi) is 37.9. The quantitative estimate of drug-likeness (QED) is 0.0153. The van der Waals surface area contributed by atoms with E-state index in [2.05, 4.69) is 26.0 Å². The molecule has 0 aromatic heterocycles. The van der Waals surface area contributed by atoms with Crippen molar-refractivity contribution in [1.82, 2.24) is 0 Å². The second kappa shape index (κ2) is 39.9. The minimum absolute atomic E-state index is 0.0192. The lowest BCUT2D eigenvalue weighted by Gasteiger charge is -2.19. The summed E-state index contributed by atoms with van der Waals surface area (Å²) in [5, 5.41) is 20.0. The van der Waals surface area contributed by atoms with Gasteiger partial charge >= 0.3 is 19.8 Å². The molecule has 0 heterocycles. The standard InChI is InChI=1S/C45H76NO10P/c1-3-5-7-8-9-10-11-12-13-14-15-16-20-23-29-36-45(50)56-43(40-55-57(51,52)54-38-37-46)39-53-44(49)35-30-24-28-34-42(48)33-27-22-19-17-18-21-26-32-41(47)31-25-6-4-2/h6,10-11,18-19,21-22,25-28,32-34,41-43,47-48H,3-5,7-9,12-17,20,23-24,29-31,35-40,46H2,1-2H3,(H,51,52)/b11-10-,21-18-,22-19-,25-6-,32-26+,33-27+,34-28-/t41-,42-,43-/m1/s1. The fourth-order valence-corrected chi connectivity index (χ4v) is 6.02. The van der Waals surface area contributed by atoms with E-state index in [1.54, 1.807) is 30.4 Å². The van der Waals surface area contributed by atoms with Crippen LogP contribution in [0.15, 0.2) is 85.1 Å². The maximum atomic E-state index is 12.6. The van der Waals surface area contributed by atoms with Crippen LogP contribution in [-0.4, -0.2) is 71.7 Å². The summed E-state index contributed by atoms with van der Waals surface area (Å²) in [6, 6.07) is 0. The third-order valence-corrected chi connectivity index (χ3v) is 9.42. The first kappa shape index (κ1) is 54.1. The minimum atomic E-state index is -4.43. The van der Waals surface area contributed by atoms with Gasteiger partial charge in [0, 0.05) is 19.4 Å². The second-order valence-electron chi connectivity index (χ2n) is 13.9. The van der Waals surface area contributed by atoms with E-state index in [4.69, 9.17) is 24.3 Å². The lowest BCUT2D eigenvalue weighted by Crippen LogP contribution is -2.29. The number of carbonyl (C=O) groups excluding carboxylic acids is 2. The van der Waals surface area contributed by atoms with Crippen LogP contribution in [0.2, 0.25) is 0 Å². The summed E-state index contributed by atoms with van der Waals surface area (Å²) in [5.41, 5.74) is 5.33. The number of allylic oxidation sites excluding steroid dienone is 10. The highest BCUT2D eigenvalue weighted by Crippen LogP contribution is 2.43. The average Bonchev–Trinajstić information content (AvgIpc) is 3.18. The third kappa shape index (κ3) is 39.7. The van der Waals surface area contributed by atoms with Gasteiger partial charge in [-0.3, -0.25) is 18.6 Å². The Morgan fingerprint density at radius 2 is 1.26 bits per heavy atom. The van der Waals surface area contributed by atoms with E-state index in [1.165, 1.54) is 51.4 Å². The molecule has 0 rings (SSSR count). The number of hydrogen-bond acceptors (Lipinski definition) is 10. The number of rotatable bonds is 38. The first-order valence-electron chi connectivity index (χ1n) is 21.3. The smallest absolute Gasteiger partial charge is 0.462 e. The van der Waals surface area contributed by atoms with Gasteiger partial charge in [0.1, 0.15) is 6.61 Å². The number of aliphatic hydroxyl groups excluding tert-OH is 2. The van der Waals surface area contributed by atoms with Crippen LogP contribution in [-0.2, 0) is 32.7 Å². The van der Waals surface area contributed by atoms with Crippen LogP contribution in [0.3, 0.4) is 0 Å². The van der Waals surface area contributed by atoms with Gasteiger partial charge in [0.2, 0.25) is 0 Å². The van der Waals surface area contributed by atoms with Crippen molar-refractivity contribution in [3.63, 3.8) is 0 Å². The van der Waals surface area contributed by atoms with Crippen molar-refractivity contribution in [1.29, 1.82) is 0 Å². The van der Waals surface area contributed by atoms with Crippen LogP contribution in [0.4, 0.5) is 0 Å². The molecule has 57 heavy (non-hydrogen) atoms. The van der Waals surface area contributed by atoms with Gasteiger partial charge in [-0.25, -0.2) is 4.57 Å². The summed E-state index contributed by atoms with van der Waals surface area (Å²) in [4.78, 5) is 34.8. The van der Waals surface area contributed by atoms with Crippen LogP contribution < -0.4 is 5.73 Å². The van der Waals surface area contributed by atoms with E-state index in [0.717, 1.165) is 32.1 Å². The molecule has 11 nitrogen and oxygen atoms in total. The van der Waals surface area contributed by atoms with E-state index in [9.17, 15) is 29.3 Å². The van der Waals surface area contributed by atoms with Crippen molar-refractivity contribution < 1.29 is 47.8 Å². The normalized spacial score (nSPS) is 15.3. The summed E-state index contributed by atoms with van der Waals surface area (Å²) in [7, 11) is -4.43. The summed E-state index contributed by atoms with van der Waals surface area (Å²) >= 11 is 0. The van der Waals surface area contributed by atoms with E-state index < -0.39 is 44.7 Å². The number of unbranched alkanes of at least 4 members (excludes halogenated alkanes) is 12. The average molecular weight is 822 g/mol. The Bertz CT molecular complexity index is 1240. The molecule has 0 aromatic rings. The molecule has 0 spiro atoms. The summed E-state index contributed by atoms with van der Waals surface area (Å²) < 4.78 is 32.6. The Morgan fingerprint density at radius 3 is 1.93 bits per heavy atom. The molecule has 0 fully saturated rings. The van der Waals surface area contributed by atoms with Gasteiger partial charge in [-0.2, -0.15) is 0 Å². The van der Waals surface area contributed by atoms with Crippen LogP contribution in [0.5, 0.6) is 0 Å². The Balaban J connectivity index is 4.44. The van der Waals surface area contributed by atoms with Crippen molar-refractivity contribution in [2.24, 2.45) is 5.73 Å². The molecule has 5 N–H and O–H groups in total. The Labute approximate surface area is 344 Å². The lowest BCUT2D eigenvalue weighted by molar-refractivity contribution is -0.161. The highest BCUT2D eigenvalue weighted by molar-refractivity contribution is 7.47. The van der Waals surface area contributed by atoms with Crippen LogP contribution in [0.1, 0.15) is 142 Å². The van der Waals surface area contributed by atoms with Gasteiger partial charge < -0.3 is 30.3 Å². The molecule has 0 aliphatic carbocycles. The van der Waals surface area contributed by atoms with Crippen molar-refractivity contribution >= 4 is 19.8 Å². The van der Waals surface area contributed by atoms with Gasteiger partial charge in [0.15, 0.2) is 6.10 Å². The van der Waals surface area contributed by atoms with Gasteiger partial charge in [0.05, 0.1) is 25.4 Å². The first-order valence-corrected chi connectivity index (χ1v) is 22.8. The van der Waals surface area contributed by atoms with Gasteiger partial charge in [-0.05, 0) is 64.2 Å². The van der Waals surface area contributed by atoms with E-state index in [1.807, 2.05) is 42.5 Å². The summed E-state index contributed by atoms with van der Waals surface area (Å²) in [5.74, 6) is -1.03. The SMILES string of the molecule is CC/C=C\C[C@@H](O)/C=C/C=C\C/C=C\C=C\[C@@H](O)/C=C\CCCC(=O)OC[C@H](COP(=O)(O)OCCN)OC(=O)CCCCCCCCC/C=C\CCCCCC. The fourth-order valence-electron chi connectivity index (χ4n) is 5.25. The van der Waals surface area contributed by atoms with Crippen LogP contribution in [0.25, 0.3) is 0 Å². The van der Waals surface area contributed by atoms with E-state index in [0.29, 0.717) is 32.1 Å². The zero-order valence-electron chi connectivity index (χ0n) is 35.0. The maximum Gasteiger partial charge on any atom is 0.472 e. The molecule has 0 aliphatic heterocycles. The predicted molar refractivity (Wildman–Crippen MR) is 231 cm³/mol. The summed E-state index contributed by atoms with van der Waals surface area (Å²) in [6.45, 7) is 3.28. The molecule has 0 amide bonds. The maximum absolute atomic E-state index is 12.6. The van der Waals surface area contributed by atoms with Gasteiger partial charge in [0.25, 0.3) is 0 Å². The zero-order chi connectivity index (χ0) is 42.1. The fraction of sp³-hybridized carbons (Fsp3) is 0.644. The number of hydrogen-bond donors (Lipinski definition) is 4. The van der Waals surface area contributed by atoms with Gasteiger partial charge in [-0.1, -0.05) is 150 Å². The predicted octanol–water partition coefficient (Wildman–Crippen LogP) is 9.99. The van der Waals surface area contributed by atoms with E-state index in [-0.39, 0.29) is 32.6 Å².